The third-order valence-corrected chi connectivity index (χ3v) is 2.91. The fourth-order valence-corrected chi connectivity index (χ4v) is 1.74. The van der Waals surface area contributed by atoms with Gasteiger partial charge in [-0.1, -0.05) is 0 Å². The molecule has 0 aromatic heterocycles. The van der Waals surface area contributed by atoms with Crippen molar-refractivity contribution in [2.24, 2.45) is 0 Å². The van der Waals surface area contributed by atoms with Crippen LogP contribution in [0, 0.1) is 0 Å². The molecular weight excluding hydrogens is 267 g/mol. The van der Waals surface area contributed by atoms with Crippen LogP contribution >= 0.6 is 11.8 Å². The van der Waals surface area contributed by atoms with Gasteiger partial charge in [0.2, 0.25) is 0 Å². The summed E-state index contributed by atoms with van der Waals surface area (Å²) in [5, 5.41) is 0. The second kappa shape index (κ2) is 7.03. The Morgan fingerprint density at radius 2 is 1.76 bits per heavy atom. The van der Waals surface area contributed by atoms with E-state index in [0.29, 0.717) is 5.75 Å². The normalized spacial score (nSPS) is 12.6. The number of carbonyl (C=O) groups excluding carboxylic acids is 1. The summed E-state index contributed by atoms with van der Waals surface area (Å²) in [4.78, 5) is 10.6. The van der Waals surface area contributed by atoms with Crippen molar-refractivity contribution in [2.45, 2.75) is 31.4 Å². The van der Waals surface area contributed by atoms with Crippen LogP contribution in [0.4, 0.5) is 22.0 Å². The predicted molar refractivity (Wildman–Crippen MR) is 54.2 cm³/mol. The maximum absolute atomic E-state index is 12.4. The van der Waals surface area contributed by atoms with Gasteiger partial charge in [0.1, 0.15) is 0 Å². The molecule has 0 aliphatic carbocycles. The van der Waals surface area contributed by atoms with E-state index in [1.54, 1.807) is 0 Å². The summed E-state index contributed by atoms with van der Waals surface area (Å²) in [7, 11) is 1.22. The maximum Gasteiger partial charge on any atom is 0.453 e. The Bertz CT molecular complexity index is 242. The Kier molecular flexibility index (Phi) is 6.81. The first-order valence-electron chi connectivity index (χ1n) is 4.80. The number of alkyl halides is 5. The third kappa shape index (κ3) is 6.70. The van der Waals surface area contributed by atoms with Crippen molar-refractivity contribution in [3.05, 3.63) is 0 Å². The molecule has 0 saturated heterocycles. The second-order valence-electron chi connectivity index (χ2n) is 3.29. The van der Waals surface area contributed by atoms with Gasteiger partial charge in [-0.2, -0.15) is 33.7 Å². The van der Waals surface area contributed by atoms with Gasteiger partial charge in [-0.15, -0.1) is 0 Å². The zero-order chi connectivity index (χ0) is 13.5. The average molecular weight is 280 g/mol. The maximum atomic E-state index is 12.4. The minimum atomic E-state index is -5.48. The highest BCUT2D eigenvalue weighted by Gasteiger charge is 2.56. The lowest BCUT2D eigenvalue weighted by atomic mass is 10.1. The van der Waals surface area contributed by atoms with Gasteiger partial charge in [0.05, 0.1) is 12.9 Å². The highest BCUT2D eigenvalue weighted by atomic mass is 32.2. The van der Waals surface area contributed by atoms with Crippen molar-refractivity contribution in [1.82, 2.24) is 0 Å². The van der Waals surface area contributed by atoms with Gasteiger partial charge in [0, 0.05) is 6.42 Å². The molecule has 102 valence electrons. The van der Waals surface area contributed by atoms with Crippen molar-refractivity contribution < 1.29 is 31.5 Å². The van der Waals surface area contributed by atoms with E-state index in [0.717, 1.165) is 11.8 Å². The molecule has 0 amide bonds. The van der Waals surface area contributed by atoms with Crippen LogP contribution in [-0.4, -0.2) is 36.7 Å². The predicted octanol–water partition coefficient (Wildman–Crippen LogP) is 3.26. The third-order valence-electron chi connectivity index (χ3n) is 1.89. The number of halogens is 5. The Morgan fingerprint density at radius 1 is 1.18 bits per heavy atom. The zero-order valence-corrected chi connectivity index (χ0v) is 9.97. The van der Waals surface area contributed by atoms with Crippen LogP contribution in [0.15, 0.2) is 0 Å². The van der Waals surface area contributed by atoms with Gasteiger partial charge < -0.3 is 4.74 Å². The smallest absolute Gasteiger partial charge is 0.453 e. The Morgan fingerprint density at radius 3 is 2.24 bits per heavy atom. The van der Waals surface area contributed by atoms with Gasteiger partial charge in [-0.05, 0) is 18.6 Å². The number of carbonyl (C=O) groups is 1. The first-order valence-corrected chi connectivity index (χ1v) is 5.95. The number of methoxy groups -OCH3 is 1. The van der Waals surface area contributed by atoms with E-state index in [1.807, 2.05) is 0 Å². The first kappa shape index (κ1) is 16.5. The number of hydrogen-bond donors (Lipinski definition) is 0. The molecule has 0 spiro atoms. The molecule has 0 aliphatic rings. The molecule has 0 fully saturated rings. The van der Waals surface area contributed by atoms with Crippen LogP contribution in [0.2, 0.25) is 0 Å². The number of hydrogen-bond acceptors (Lipinski definition) is 3. The van der Waals surface area contributed by atoms with Gasteiger partial charge >= 0.3 is 18.1 Å². The molecule has 0 unspecified atom stereocenters. The monoisotopic (exact) mass is 280 g/mol. The van der Waals surface area contributed by atoms with Gasteiger partial charge in [-0.3, -0.25) is 4.79 Å². The summed E-state index contributed by atoms with van der Waals surface area (Å²) >= 11 is 1.14. The second-order valence-corrected chi connectivity index (χ2v) is 4.39. The van der Waals surface area contributed by atoms with E-state index in [-0.39, 0.29) is 18.6 Å². The molecule has 2 nitrogen and oxygen atoms in total. The fourth-order valence-electron chi connectivity index (χ4n) is 0.907. The van der Waals surface area contributed by atoms with Crippen LogP contribution in [0.5, 0.6) is 0 Å². The summed E-state index contributed by atoms with van der Waals surface area (Å²) in [6.45, 7) is 0. The van der Waals surface area contributed by atoms with Crippen molar-refractivity contribution >= 4 is 17.7 Å². The number of unbranched alkanes of at least 4 members (excludes halogenated alkanes) is 1. The van der Waals surface area contributed by atoms with Crippen LogP contribution in [0.3, 0.4) is 0 Å². The molecule has 0 aromatic carbocycles. The van der Waals surface area contributed by atoms with E-state index in [2.05, 4.69) is 4.74 Å². The minimum Gasteiger partial charge on any atom is -0.468 e. The molecule has 17 heavy (non-hydrogen) atoms. The average Bonchev–Trinajstić information content (AvgIpc) is 2.21. The first-order chi connectivity index (χ1) is 7.70. The molecule has 0 aromatic rings. The van der Waals surface area contributed by atoms with Gasteiger partial charge in [-0.25, -0.2) is 0 Å². The lowest BCUT2D eigenvalue weighted by Crippen LogP contribution is -2.36. The van der Waals surface area contributed by atoms with Gasteiger partial charge in [0.15, 0.2) is 0 Å². The molecule has 0 N–H and O–H groups in total. The van der Waals surface area contributed by atoms with E-state index >= 15 is 0 Å². The van der Waals surface area contributed by atoms with Crippen molar-refractivity contribution in [2.75, 3.05) is 18.6 Å². The fraction of sp³-hybridized carbons (Fsp3) is 0.889. The lowest BCUT2D eigenvalue weighted by Gasteiger charge is -2.19. The van der Waals surface area contributed by atoms with Gasteiger partial charge in [0.25, 0.3) is 0 Å². The van der Waals surface area contributed by atoms with Crippen molar-refractivity contribution in [1.29, 1.82) is 0 Å². The summed E-state index contributed by atoms with van der Waals surface area (Å²) in [5.41, 5.74) is 0. The largest absolute Gasteiger partial charge is 0.468 e. The summed E-state index contributed by atoms with van der Waals surface area (Å²) in [6, 6.07) is 0. The van der Waals surface area contributed by atoms with E-state index in [1.165, 1.54) is 7.11 Å². The number of rotatable bonds is 7. The van der Waals surface area contributed by atoms with Crippen LogP contribution in [-0.2, 0) is 9.53 Å². The van der Waals surface area contributed by atoms with Crippen LogP contribution in [0.1, 0.15) is 19.3 Å². The van der Waals surface area contributed by atoms with Crippen LogP contribution < -0.4 is 0 Å². The zero-order valence-electron chi connectivity index (χ0n) is 9.15. The molecule has 0 rings (SSSR count). The van der Waals surface area contributed by atoms with E-state index < -0.39 is 24.5 Å². The molecule has 0 heterocycles. The molecule has 0 saturated carbocycles. The Labute approximate surface area is 99.9 Å². The highest BCUT2D eigenvalue weighted by molar-refractivity contribution is 7.99. The number of ether oxygens (including phenoxy) is 1. The topological polar surface area (TPSA) is 26.3 Å². The van der Waals surface area contributed by atoms with Crippen molar-refractivity contribution in [3.63, 3.8) is 0 Å². The highest BCUT2D eigenvalue weighted by Crippen LogP contribution is 2.39. The molecule has 0 atom stereocenters. The molecule has 8 heteroatoms. The Balaban J connectivity index is 3.62. The van der Waals surface area contributed by atoms with E-state index in [4.69, 9.17) is 0 Å². The summed E-state index contributed by atoms with van der Waals surface area (Å²) < 4.78 is 64.4. The molecular formula is C9H13F5O2S. The molecule has 0 aliphatic heterocycles. The molecule has 0 radical (unpaired) electrons. The summed E-state index contributed by atoms with van der Waals surface area (Å²) in [6.07, 6.45) is -6.73. The van der Waals surface area contributed by atoms with Crippen LogP contribution in [0.25, 0.3) is 0 Å². The number of esters is 1. The lowest BCUT2D eigenvalue weighted by molar-refractivity contribution is -0.284. The van der Waals surface area contributed by atoms with Crippen molar-refractivity contribution in [3.8, 4) is 0 Å². The quantitative estimate of drug-likeness (QED) is 0.407. The summed E-state index contributed by atoms with van der Waals surface area (Å²) in [5.74, 6) is -4.65. The standard InChI is InChI=1S/C9H13F5O2S/c1-16-7(15)6-17-5-3-2-4-8(10,11)9(12,13)14/h2-6H2,1H3. The Hall–Kier alpha value is -0.530. The van der Waals surface area contributed by atoms with E-state index in [9.17, 15) is 26.7 Å². The number of thioether (sulfide) groups is 1. The minimum absolute atomic E-state index is 0.0756. The molecule has 0 bridgehead atoms. The SMILES string of the molecule is COC(=O)CSCCCCC(F)(F)C(F)(F)F.